The summed E-state index contributed by atoms with van der Waals surface area (Å²) in [6.07, 6.45) is 24.2. The van der Waals surface area contributed by atoms with Gasteiger partial charge < -0.3 is 24.4 Å². The summed E-state index contributed by atoms with van der Waals surface area (Å²) in [5, 5.41) is 21.1. The van der Waals surface area contributed by atoms with Crippen LogP contribution in [0.1, 0.15) is 111 Å². The van der Waals surface area contributed by atoms with E-state index >= 15 is 0 Å². The molecule has 1 unspecified atom stereocenters. The maximum atomic E-state index is 14.0. The average Bonchev–Trinajstić information content (AvgIpc) is 3.90. The lowest BCUT2D eigenvalue weighted by atomic mass is 9.53. The summed E-state index contributed by atoms with van der Waals surface area (Å²) in [4.78, 5) is 7.67. The van der Waals surface area contributed by atoms with Gasteiger partial charge in [-0.15, -0.1) is 0 Å². The number of aliphatic hydroxyl groups is 2. The third kappa shape index (κ3) is 8.68. The highest BCUT2D eigenvalue weighted by molar-refractivity contribution is 6.42. The molecule has 53 heavy (non-hydrogen) atoms. The van der Waals surface area contributed by atoms with Crippen molar-refractivity contribution in [2.24, 2.45) is 33.6 Å². The Hall–Kier alpha value is -3.27. The minimum Gasteiger partial charge on any atom is -0.393 e. The van der Waals surface area contributed by atoms with Crippen molar-refractivity contribution in [1.29, 1.82) is 0 Å². The molecule has 0 saturated heterocycles. The Morgan fingerprint density at radius 1 is 1.19 bits per heavy atom. The van der Waals surface area contributed by atoms with E-state index in [0.29, 0.717) is 60.5 Å². The number of allylic oxidation sites excluding steroid dienone is 6. The van der Waals surface area contributed by atoms with Crippen molar-refractivity contribution in [1.82, 2.24) is 9.46 Å². The Bertz CT molecular complexity index is 1750. The van der Waals surface area contributed by atoms with Crippen molar-refractivity contribution >= 4 is 19.2 Å². The number of fused-ring (bicyclic) bond motifs is 1. The van der Waals surface area contributed by atoms with Gasteiger partial charge in [-0.1, -0.05) is 64.0 Å². The van der Waals surface area contributed by atoms with Gasteiger partial charge in [0.05, 0.1) is 41.5 Å². The highest BCUT2D eigenvalue weighted by atomic mass is 19.2. The summed E-state index contributed by atoms with van der Waals surface area (Å²) in [6, 6.07) is 6.93. The number of halogens is 2. The number of hydrogen-bond acceptors (Lipinski definition) is 4. The number of aromatic nitrogens is 2. The average molecular weight is 728 g/mol. The van der Waals surface area contributed by atoms with Crippen LogP contribution in [-0.4, -0.2) is 57.2 Å². The first kappa shape index (κ1) is 39.4. The molecule has 2 aromatic rings. The minimum absolute atomic E-state index is 0.0377. The van der Waals surface area contributed by atoms with Crippen molar-refractivity contribution < 1.29 is 23.6 Å². The van der Waals surface area contributed by atoms with E-state index in [-0.39, 0.29) is 22.9 Å². The highest BCUT2D eigenvalue weighted by Crippen LogP contribution is 2.67. The van der Waals surface area contributed by atoms with Crippen molar-refractivity contribution in [3.8, 4) is 11.4 Å². The molecule has 286 valence electrons. The van der Waals surface area contributed by atoms with Crippen LogP contribution in [0.25, 0.3) is 17.5 Å². The van der Waals surface area contributed by atoms with E-state index in [2.05, 4.69) is 55.6 Å². The van der Waals surface area contributed by atoms with Gasteiger partial charge in [-0.05, 0) is 130 Å². The molecule has 6 nitrogen and oxygen atoms in total. The van der Waals surface area contributed by atoms with Crippen LogP contribution in [0.4, 0.5) is 8.63 Å². The minimum atomic E-state index is -2.69. The molecular weight excluding hydrogens is 667 g/mol. The smallest absolute Gasteiger partial charge is 0.393 e. The van der Waals surface area contributed by atoms with Crippen molar-refractivity contribution in [3.63, 3.8) is 0 Å². The van der Waals surface area contributed by atoms with E-state index < -0.39 is 19.1 Å². The van der Waals surface area contributed by atoms with Crippen molar-refractivity contribution in [2.75, 3.05) is 6.61 Å². The van der Waals surface area contributed by atoms with Crippen LogP contribution in [0, 0.1) is 28.6 Å². The molecular formula is C44H60BF2N3O3. The predicted octanol–water partition coefficient (Wildman–Crippen LogP) is 10.4. The summed E-state index contributed by atoms with van der Waals surface area (Å²) in [6.45, 7) is 16.2. The number of aliphatic imine (C=N–C) groups is 1. The van der Waals surface area contributed by atoms with Crippen LogP contribution in [0.2, 0.25) is 0 Å². The molecule has 2 aromatic heterocycles. The zero-order valence-electron chi connectivity index (χ0n) is 32.5. The fraction of sp³-hybridized carbons (Fsp3) is 0.568. The van der Waals surface area contributed by atoms with Crippen LogP contribution in [0.3, 0.4) is 0 Å². The predicted molar refractivity (Wildman–Crippen MR) is 214 cm³/mol. The summed E-state index contributed by atoms with van der Waals surface area (Å²) >= 11 is 0. The second-order valence-electron chi connectivity index (χ2n) is 17.3. The van der Waals surface area contributed by atoms with E-state index in [0.717, 1.165) is 35.0 Å². The lowest BCUT2D eigenvalue weighted by Crippen LogP contribution is -2.43. The fourth-order valence-electron chi connectivity index (χ4n) is 10.1. The Morgan fingerprint density at radius 2 is 2.00 bits per heavy atom. The third-order valence-electron chi connectivity index (χ3n) is 13.3. The molecule has 3 saturated carbocycles. The van der Waals surface area contributed by atoms with Gasteiger partial charge in [-0.25, -0.2) is 0 Å². The van der Waals surface area contributed by atoms with Gasteiger partial charge in [-0.2, -0.15) is 0 Å². The van der Waals surface area contributed by atoms with Crippen LogP contribution in [0.15, 0.2) is 89.3 Å². The normalized spacial score (nSPS) is 31.2. The summed E-state index contributed by atoms with van der Waals surface area (Å²) in [5.41, 5.74) is 5.31. The topological polar surface area (TPSA) is 82.8 Å². The zero-order valence-corrected chi connectivity index (χ0v) is 32.5. The molecule has 0 amide bonds. The zero-order chi connectivity index (χ0) is 38.0. The number of nitrogens with zero attached hydrogens (tertiary/aromatic N) is 2. The van der Waals surface area contributed by atoms with Crippen LogP contribution in [0.5, 0.6) is 0 Å². The summed E-state index contributed by atoms with van der Waals surface area (Å²) in [7, 11) is -2.69. The standard InChI is InChI=1S/C44H60BF2N3O3/c1-30(11-8-22-42(3,4)52)38-20-24-43(5)33(14-9-23-44(38,43)6)13-7-12-32-27-37(51)29-41(31(32)2)53-26-21-34-16-17-35(49-34)28-36-18-19-40(50(36)45(46)47)39-15-10-25-48-39/h7,10,12-13,15-19,25,28,30,32,37-38,41,48,51-52H,2,8-9,11,14,20-24,26-27,29H2,1,3-6H3/b12-7-,33-13+,35-28-/t30-,32?,37-,38-,41+,43+,44-/m1/s1. The van der Waals surface area contributed by atoms with Gasteiger partial charge in [-0.3, -0.25) is 13.6 Å². The first-order valence-corrected chi connectivity index (χ1v) is 19.9. The van der Waals surface area contributed by atoms with Gasteiger partial charge in [0.15, 0.2) is 0 Å². The Balaban J connectivity index is 1.04. The third-order valence-corrected chi connectivity index (χ3v) is 13.3. The molecule has 0 spiro atoms. The second-order valence-corrected chi connectivity index (χ2v) is 17.3. The Labute approximate surface area is 316 Å². The molecule has 7 atom stereocenters. The van der Waals surface area contributed by atoms with E-state index in [1.807, 2.05) is 26.0 Å². The van der Waals surface area contributed by atoms with E-state index in [9.17, 15) is 18.8 Å². The van der Waals surface area contributed by atoms with Gasteiger partial charge >= 0.3 is 7.40 Å². The molecule has 1 aliphatic heterocycles. The van der Waals surface area contributed by atoms with Gasteiger partial charge in [0, 0.05) is 36.4 Å². The Morgan fingerprint density at radius 3 is 2.74 bits per heavy atom. The number of nitrogens with one attached hydrogen (secondary N) is 1. The second kappa shape index (κ2) is 16.2. The molecule has 6 rings (SSSR count). The van der Waals surface area contributed by atoms with Gasteiger partial charge in [0.1, 0.15) is 0 Å². The molecule has 3 fully saturated rings. The maximum absolute atomic E-state index is 14.0. The summed E-state index contributed by atoms with van der Waals surface area (Å²) in [5.74, 6) is 1.38. The van der Waals surface area contributed by atoms with Crippen LogP contribution in [-0.2, 0) is 4.74 Å². The number of rotatable bonds is 14. The van der Waals surface area contributed by atoms with Crippen LogP contribution >= 0.6 is 0 Å². The quantitative estimate of drug-likeness (QED) is 0.134. The van der Waals surface area contributed by atoms with Crippen molar-refractivity contribution in [3.05, 3.63) is 90.0 Å². The molecule has 0 bridgehead atoms. The molecule has 3 heterocycles. The number of aliphatic hydroxyl groups excluding tert-OH is 1. The molecule has 4 aliphatic rings. The largest absolute Gasteiger partial charge is 0.678 e. The monoisotopic (exact) mass is 727 g/mol. The maximum Gasteiger partial charge on any atom is 0.678 e. The molecule has 3 aliphatic carbocycles. The van der Waals surface area contributed by atoms with Gasteiger partial charge in [0.2, 0.25) is 0 Å². The van der Waals surface area contributed by atoms with E-state index in [4.69, 9.17) is 4.74 Å². The molecule has 3 N–H and O–H groups in total. The molecule has 0 aromatic carbocycles. The number of H-pyrrole nitrogens is 1. The highest BCUT2D eigenvalue weighted by Gasteiger charge is 2.57. The fourth-order valence-corrected chi connectivity index (χ4v) is 10.1. The summed E-state index contributed by atoms with van der Waals surface area (Å²) < 4.78 is 35.4. The Kier molecular flexibility index (Phi) is 12.1. The number of ether oxygens (including phenoxy) is 1. The van der Waals surface area contributed by atoms with Crippen molar-refractivity contribution in [2.45, 2.75) is 123 Å². The lowest BCUT2D eigenvalue weighted by molar-refractivity contribution is 0.0100. The lowest BCUT2D eigenvalue weighted by Gasteiger charge is -2.51. The van der Waals surface area contributed by atoms with Crippen LogP contribution < -0.4 is 0 Å². The first-order chi connectivity index (χ1) is 25.2. The van der Waals surface area contributed by atoms with Gasteiger partial charge in [0.25, 0.3) is 0 Å². The number of aromatic amines is 1. The van der Waals surface area contributed by atoms with E-state index in [1.165, 1.54) is 32.1 Å². The first-order valence-electron chi connectivity index (χ1n) is 19.9. The van der Waals surface area contributed by atoms with E-state index in [1.54, 1.807) is 42.1 Å². The molecule has 9 heteroatoms. The molecule has 0 radical (unpaired) electrons. The SMILES string of the molecule is C=C1C(/C=C\C=C2/CCC[C@]3(C)[C@@H]([C@H](C)CCCC(C)(C)O)CC[C@@]23C)C[C@@H](O)C[C@@H]1OCCC1=N/C(=C\c2ccc(-c3ccc[nH]3)n2B(F)F)C=C1. The number of hydrogen-bond donors (Lipinski definition) is 3.